The smallest absolute Gasteiger partial charge is 0.508 e. The Morgan fingerprint density at radius 2 is 1.83 bits per heavy atom. The van der Waals surface area contributed by atoms with Gasteiger partial charge in [0.1, 0.15) is 16.5 Å². The van der Waals surface area contributed by atoms with E-state index in [-0.39, 0.29) is 46.9 Å². The summed E-state index contributed by atoms with van der Waals surface area (Å²) in [5.74, 6) is -0.362. The summed E-state index contributed by atoms with van der Waals surface area (Å²) in [5, 5.41) is 30.4. The molecule has 0 bridgehead atoms. The van der Waals surface area contributed by atoms with Gasteiger partial charge in [-0.2, -0.15) is 0 Å². The standard InChI is InChI=1S/C16H11NO5S.Na/c18-10-6-7-11(12(19)8-10)15-17-14(22-16(20)21)13(23-15)9-4-2-1-3-5-9;/h1-8,18-19H,(H,20,21);/q;+1/p-1. The van der Waals surface area contributed by atoms with Crippen molar-refractivity contribution in [3.05, 3.63) is 48.5 Å². The molecule has 1 heterocycles. The molecule has 0 aliphatic carbocycles. The van der Waals surface area contributed by atoms with E-state index in [2.05, 4.69) is 9.72 Å². The van der Waals surface area contributed by atoms with Crippen LogP contribution in [0.15, 0.2) is 48.5 Å². The van der Waals surface area contributed by atoms with E-state index in [9.17, 15) is 20.1 Å². The van der Waals surface area contributed by atoms with Gasteiger partial charge in [-0.05, 0) is 17.7 Å². The molecule has 0 saturated carbocycles. The molecular formula is C16H10NNaO5S. The molecule has 0 spiro atoms. The van der Waals surface area contributed by atoms with Crippen molar-refractivity contribution < 1.29 is 54.4 Å². The summed E-state index contributed by atoms with van der Waals surface area (Å²) in [6.07, 6.45) is -1.71. The first-order valence-electron chi connectivity index (χ1n) is 6.52. The largest absolute Gasteiger partial charge is 1.00 e. The number of hydrogen-bond acceptors (Lipinski definition) is 7. The van der Waals surface area contributed by atoms with E-state index in [1.807, 2.05) is 6.07 Å². The third kappa shape index (κ3) is 3.88. The van der Waals surface area contributed by atoms with Crippen molar-refractivity contribution in [2.24, 2.45) is 0 Å². The summed E-state index contributed by atoms with van der Waals surface area (Å²) in [4.78, 5) is 15.4. The number of rotatable bonds is 3. The van der Waals surface area contributed by atoms with Gasteiger partial charge in [0.05, 0.1) is 10.4 Å². The number of carbonyl (C=O) groups is 1. The van der Waals surface area contributed by atoms with E-state index in [1.54, 1.807) is 24.3 Å². The van der Waals surface area contributed by atoms with Gasteiger partial charge in [0.15, 0.2) is 5.88 Å². The third-order valence-electron chi connectivity index (χ3n) is 3.02. The fourth-order valence-corrected chi connectivity index (χ4v) is 3.08. The maximum absolute atomic E-state index is 10.8. The zero-order valence-corrected chi connectivity index (χ0v) is 15.4. The topological polar surface area (TPSA) is 103 Å². The first kappa shape index (κ1) is 18.3. The first-order chi connectivity index (χ1) is 11.0. The molecule has 0 radical (unpaired) electrons. The van der Waals surface area contributed by atoms with Crippen LogP contribution < -0.4 is 39.4 Å². The summed E-state index contributed by atoms with van der Waals surface area (Å²) >= 11 is 1.16. The molecule has 0 saturated heterocycles. The van der Waals surface area contributed by atoms with Crippen molar-refractivity contribution in [2.75, 3.05) is 0 Å². The van der Waals surface area contributed by atoms with Crippen molar-refractivity contribution in [1.82, 2.24) is 4.98 Å². The average Bonchev–Trinajstić information content (AvgIpc) is 2.91. The average molecular weight is 351 g/mol. The molecule has 116 valence electrons. The summed E-state index contributed by atoms with van der Waals surface area (Å²) in [6.45, 7) is 0. The van der Waals surface area contributed by atoms with Crippen LogP contribution in [0.1, 0.15) is 0 Å². The first-order valence-corrected chi connectivity index (χ1v) is 7.33. The SMILES string of the molecule is O=C([O-])Oc1nc(-c2ccc(O)cc2O)sc1-c1ccccc1.[Na+]. The van der Waals surface area contributed by atoms with Crippen LogP contribution in [-0.4, -0.2) is 21.4 Å². The molecule has 0 aliphatic rings. The normalized spacial score (nSPS) is 10.0. The van der Waals surface area contributed by atoms with Gasteiger partial charge in [-0.15, -0.1) is 11.3 Å². The van der Waals surface area contributed by atoms with E-state index >= 15 is 0 Å². The zero-order valence-electron chi connectivity index (χ0n) is 12.6. The summed E-state index contributed by atoms with van der Waals surface area (Å²) in [6, 6.07) is 13.1. The Hall–Kier alpha value is -2.06. The number of thiazole rings is 1. The Morgan fingerprint density at radius 3 is 2.46 bits per heavy atom. The van der Waals surface area contributed by atoms with E-state index in [0.717, 1.165) is 16.9 Å². The van der Waals surface area contributed by atoms with Gasteiger partial charge < -0.3 is 24.9 Å². The number of benzene rings is 2. The number of hydrogen-bond donors (Lipinski definition) is 2. The van der Waals surface area contributed by atoms with Gasteiger partial charge >= 0.3 is 29.6 Å². The van der Waals surface area contributed by atoms with Gasteiger partial charge in [0.2, 0.25) is 0 Å². The van der Waals surface area contributed by atoms with Gasteiger partial charge in [-0.3, -0.25) is 0 Å². The number of aromatic nitrogens is 1. The summed E-state index contributed by atoms with van der Waals surface area (Å²) < 4.78 is 4.64. The minimum absolute atomic E-state index is 0. The van der Waals surface area contributed by atoms with Crippen LogP contribution in [0.4, 0.5) is 4.79 Å². The molecule has 0 amide bonds. The van der Waals surface area contributed by atoms with E-state index in [0.29, 0.717) is 15.4 Å². The molecule has 3 aromatic rings. The number of carboxylic acid groups (broad SMARTS) is 1. The molecule has 2 aromatic carbocycles. The molecule has 6 nitrogen and oxygen atoms in total. The number of nitrogens with zero attached hydrogens (tertiary/aromatic N) is 1. The molecule has 8 heteroatoms. The molecule has 0 aliphatic heterocycles. The monoisotopic (exact) mass is 351 g/mol. The van der Waals surface area contributed by atoms with Crippen LogP contribution in [0.5, 0.6) is 17.4 Å². The van der Waals surface area contributed by atoms with Crippen LogP contribution in [0.3, 0.4) is 0 Å². The molecular weight excluding hydrogens is 341 g/mol. The molecule has 3 rings (SSSR count). The Balaban J connectivity index is 0.00000208. The second-order valence-electron chi connectivity index (χ2n) is 4.57. The van der Waals surface area contributed by atoms with Crippen LogP contribution >= 0.6 is 11.3 Å². The Morgan fingerprint density at radius 1 is 1.12 bits per heavy atom. The van der Waals surface area contributed by atoms with Crippen molar-refractivity contribution in [1.29, 1.82) is 0 Å². The fraction of sp³-hybridized carbons (Fsp3) is 0. The molecule has 0 atom stereocenters. The second kappa shape index (κ2) is 7.67. The molecule has 1 aromatic heterocycles. The van der Waals surface area contributed by atoms with Crippen LogP contribution in [0, 0.1) is 0 Å². The molecule has 2 N–H and O–H groups in total. The summed E-state index contributed by atoms with van der Waals surface area (Å²) in [7, 11) is 0. The Bertz CT molecular complexity index is 866. The van der Waals surface area contributed by atoms with Gasteiger partial charge in [0.25, 0.3) is 6.16 Å². The molecule has 24 heavy (non-hydrogen) atoms. The fourth-order valence-electron chi connectivity index (χ4n) is 2.04. The van der Waals surface area contributed by atoms with Crippen molar-refractivity contribution in [2.45, 2.75) is 0 Å². The van der Waals surface area contributed by atoms with Gasteiger partial charge in [-0.25, -0.2) is 4.98 Å². The Kier molecular flexibility index (Phi) is 5.84. The second-order valence-corrected chi connectivity index (χ2v) is 5.57. The maximum atomic E-state index is 10.8. The molecule has 0 fully saturated rings. The van der Waals surface area contributed by atoms with Crippen molar-refractivity contribution in [3.8, 4) is 38.4 Å². The van der Waals surface area contributed by atoms with Gasteiger partial charge in [-0.1, -0.05) is 30.3 Å². The zero-order chi connectivity index (χ0) is 16.4. The Labute approximate surface area is 163 Å². The van der Waals surface area contributed by atoms with Crippen LogP contribution in [-0.2, 0) is 0 Å². The molecule has 0 unspecified atom stereocenters. The van der Waals surface area contributed by atoms with Crippen molar-refractivity contribution in [3.63, 3.8) is 0 Å². The third-order valence-corrected chi connectivity index (χ3v) is 4.14. The van der Waals surface area contributed by atoms with Crippen LogP contribution in [0.2, 0.25) is 0 Å². The number of phenolic OH excluding ortho intramolecular Hbond substituents is 2. The summed E-state index contributed by atoms with van der Waals surface area (Å²) in [5.41, 5.74) is 1.09. The number of carbonyl (C=O) groups excluding carboxylic acids is 1. The predicted octanol–water partition coefficient (Wildman–Crippen LogP) is -0.386. The number of phenols is 2. The minimum atomic E-state index is -1.71. The van der Waals surface area contributed by atoms with E-state index in [4.69, 9.17) is 0 Å². The quantitative estimate of drug-likeness (QED) is 0.492. The minimum Gasteiger partial charge on any atom is -0.508 e. The van der Waals surface area contributed by atoms with E-state index < -0.39 is 6.16 Å². The number of ether oxygens (including phenoxy) is 1. The van der Waals surface area contributed by atoms with Crippen molar-refractivity contribution >= 4 is 17.5 Å². The predicted molar refractivity (Wildman–Crippen MR) is 82.3 cm³/mol. The van der Waals surface area contributed by atoms with Gasteiger partial charge in [0, 0.05) is 6.07 Å². The maximum Gasteiger partial charge on any atom is 1.00 e. The van der Waals surface area contributed by atoms with E-state index in [1.165, 1.54) is 18.2 Å². The van der Waals surface area contributed by atoms with Crippen LogP contribution in [0.25, 0.3) is 21.0 Å². The number of aromatic hydroxyl groups is 2.